The molecule has 4 rings (SSSR count). The second kappa shape index (κ2) is 10.8. The third kappa shape index (κ3) is 6.12. The number of aromatic nitrogens is 1. The number of benzene rings is 2. The van der Waals surface area contributed by atoms with Crippen LogP contribution < -0.4 is 11.1 Å². The molecule has 0 atom stereocenters. The van der Waals surface area contributed by atoms with Crippen LogP contribution in [0.1, 0.15) is 37.7 Å². The number of pyridine rings is 1. The van der Waals surface area contributed by atoms with E-state index in [4.69, 9.17) is 33.9 Å². The van der Waals surface area contributed by atoms with Crippen LogP contribution in [-0.2, 0) is 11.3 Å². The summed E-state index contributed by atoms with van der Waals surface area (Å²) < 4.78 is 0. The van der Waals surface area contributed by atoms with E-state index in [-0.39, 0.29) is 17.8 Å². The summed E-state index contributed by atoms with van der Waals surface area (Å²) in [5, 5.41) is 4.39. The van der Waals surface area contributed by atoms with Gasteiger partial charge >= 0.3 is 0 Å². The fraction of sp³-hybridized carbons (Fsp3) is 0.269. The molecule has 170 valence electrons. The van der Waals surface area contributed by atoms with Crippen molar-refractivity contribution in [3.8, 4) is 22.4 Å². The Morgan fingerprint density at radius 3 is 2.21 bits per heavy atom. The zero-order valence-electron chi connectivity index (χ0n) is 18.2. The van der Waals surface area contributed by atoms with Gasteiger partial charge in [0.25, 0.3) is 5.91 Å². The van der Waals surface area contributed by atoms with Crippen LogP contribution in [0.2, 0.25) is 10.0 Å². The highest BCUT2D eigenvalue weighted by molar-refractivity contribution is 6.31. The quantitative estimate of drug-likeness (QED) is 0.334. The Morgan fingerprint density at radius 2 is 1.58 bits per heavy atom. The maximum Gasteiger partial charge on any atom is 0.251 e. The number of hydrogen-bond donors (Lipinski definition) is 2. The molecule has 33 heavy (non-hydrogen) atoms. The number of carbonyl (C=O) groups excluding carboxylic acids is 1. The second-order valence-corrected chi connectivity index (χ2v) is 9.15. The van der Waals surface area contributed by atoms with Crippen molar-refractivity contribution < 1.29 is 4.79 Å². The maximum absolute atomic E-state index is 12.4. The minimum Gasteiger partial charge on any atom is -0.370 e. The van der Waals surface area contributed by atoms with Crippen molar-refractivity contribution in [3.63, 3.8) is 0 Å². The smallest absolute Gasteiger partial charge is 0.251 e. The number of guanidine groups is 1. The van der Waals surface area contributed by atoms with Crippen molar-refractivity contribution in [1.82, 2.24) is 10.3 Å². The molecule has 7 heteroatoms. The first-order valence-electron chi connectivity index (χ1n) is 11.1. The lowest BCUT2D eigenvalue weighted by Gasteiger charge is -2.18. The molecule has 1 aliphatic carbocycles. The second-order valence-electron chi connectivity index (χ2n) is 8.28. The molecule has 1 aromatic heterocycles. The molecule has 3 N–H and O–H groups in total. The first-order chi connectivity index (χ1) is 16.0. The standard InChI is InChI=1S/C26H26Cl2N4O/c27-21-10-6-18(7-11-21)23-14-17(15-30-24(23)19-8-12-22(28)13-9-19)16-31-26(29)32-25(33)20-4-2-1-3-5-20/h6-15,20H,1-5,16H2,(H3,29,31,32,33). The summed E-state index contributed by atoms with van der Waals surface area (Å²) in [5.74, 6) is 0.00842. The maximum atomic E-state index is 12.4. The van der Waals surface area contributed by atoms with Gasteiger partial charge in [-0.2, -0.15) is 4.99 Å². The Morgan fingerprint density at radius 1 is 0.970 bits per heavy atom. The van der Waals surface area contributed by atoms with Gasteiger partial charge in [-0.25, -0.2) is 0 Å². The van der Waals surface area contributed by atoms with E-state index in [0.29, 0.717) is 16.6 Å². The van der Waals surface area contributed by atoms with Crippen molar-refractivity contribution in [2.24, 2.45) is 16.6 Å². The Bertz CT molecular complexity index is 1140. The average Bonchev–Trinajstić information content (AvgIpc) is 2.84. The Hall–Kier alpha value is -2.89. The van der Waals surface area contributed by atoms with Gasteiger partial charge in [0.1, 0.15) is 0 Å². The minimum absolute atomic E-state index is 0.00377. The van der Waals surface area contributed by atoms with Crippen LogP contribution >= 0.6 is 23.2 Å². The molecule has 1 heterocycles. The van der Waals surface area contributed by atoms with Crippen LogP contribution in [0.25, 0.3) is 22.4 Å². The van der Waals surface area contributed by atoms with E-state index in [1.165, 1.54) is 6.42 Å². The monoisotopic (exact) mass is 480 g/mol. The van der Waals surface area contributed by atoms with Gasteiger partial charge in [0.15, 0.2) is 5.96 Å². The van der Waals surface area contributed by atoms with Gasteiger partial charge in [-0.15, -0.1) is 0 Å². The first-order valence-corrected chi connectivity index (χ1v) is 11.9. The molecule has 2 aromatic carbocycles. The van der Waals surface area contributed by atoms with Crippen LogP contribution in [0, 0.1) is 5.92 Å². The Labute approximate surface area is 204 Å². The van der Waals surface area contributed by atoms with Crippen molar-refractivity contribution in [3.05, 3.63) is 76.4 Å². The Kier molecular flexibility index (Phi) is 7.63. The number of amides is 1. The minimum atomic E-state index is -0.127. The van der Waals surface area contributed by atoms with Gasteiger partial charge < -0.3 is 11.1 Å². The molecule has 1 fully saturated rings. The van der Waals surface area contributed by atoms with E-state index in [1.807, 2.05) is 48.5 Å². The summed E-state index contributed by atoms with van der Waals surface area (Å²) in [6, 6.07) is 17.3. The number of aliphatic imine (C=N–C) groups is 1. The molecule has 0 unspecified atom stereocenters. The summed E-state index contributed by atoms with van der Waals surface area (Å²) in [6.45, 7) is 0.405. The summed E-state index contributed by atoms with van der Waals surface area (Å²) in [6.07, 6.45) is 6.95. The van der Waals surface area contributed by atoms with Crippen LogP contribution in [0.3, 0.4) is 0 Å². The zero-order valence-corrected chi connectivity index (χ0v) is 19.7. The van der Waals surface area contributed by atoms with Crippen LogP contribution in [0.5, 0.6) is 0 Å². The van der Waals surface area contributed by atoms with E-state index >= 15 is 0 Å². The van der Waals surface area contributed by atoms with Gasteiger partial charge in [0, 0.05) is 39.8 Å². The number of carbonyl (C=O) groups is 1. The largest absolute Gasteiger partial charge is 0.370 e. The molecule has 3 aromatic rings. The van der Waals surface area contributed by atoms with Crippen LogP contribution in [-0.4, -0.2) is 16.9 Å². The van der Waals surface area contributed by atoms with E-state index in [1.54, 1.807) is 6.20 Å². The SMILES string of the molecule is NC(=NC(=O)C1CCCCC1)NCc1cnc(-c2ccc(Cl)cc2)c(-c2ccc(Cl)cc2)c1. The molecule has 1 saturated carbocycles. The van der Waals surface area contributed by atoms with Crippen molar-refractivity contribution in [2.75, 3.05) is 0 Å². The third-order valence-corrected chi connectivity index (χ3v) is 6.38. The average molecular weight is 481 g/mol. The fourth-order valence-corrected chi connectivity index (χ4v) is 4.34. The zero-order chi connectivity index (χ0) is 23.2. The molecule has 1 amide bonds. The molecule has 5 nitrogen and oxygen atoms in total. The van der Waals surface area contributed by atoms with E-state index < -0.39 is 0 Å². The van der Waals surface area contributed by atoms with Gasteiger partial charge in [0.2, 0.25) is 0 Å². The number of nitrogens with zero attached hydrogens (tertiary/aromatic N) is 2. The highest BCUT2D eigenvalue weighted by atomic mass is 35.5. The lowest BCUT2D eigenvalue weighted by molar-refractivity contribution is -0.122. The summed E-state index contributed by atoms with van der Waals surface area (Å²) in [5.41, 5.74) is 10.7. The molecular weight excluding hydrogens is 455 g/mol. The molecule has 0 saturated heterocycles. The molecule has 1 aliphatic rings. The van der Waals surface area contributed by atoms with E-state index in [0.717, 1.165) is 53.6 Å². The molecule has 0 radical (unpaired) electrons. The summed E-state index contributed by atoms with van der Waals surface area (Å²) >= 11 is 12.2. The normalized spacial score (nSPS) is 14.8. The van der Waals surface area contributed by atoms with Crippen molar-refractivity contribution in [1.29, 1.82) is 0 Å². The fourth-order valence-electron chi connectivity index (χ4n) is 4.08. The van der Waals surface area contributed by atoms with Gasteiger partial charge in [-0.1, -0.05) is 66.7 Å². The molecule has 0 aliphatic heterocycles. The third-order valence-electron chi connectivity index (χ3n) is 5.88. The molecule has 0 spiro atoms. The summed E-state index contributed by atoms with van der Waals surface area (Å²) in [4.78, 5) is 21.2. The molecule has 0 bridgehead atoms. The number of nitrogens with one attached hydrogen (secondary N) is 1. The number of hydrogen-bond acceptors (Lipinski definition) is 2. The van der Waals surface area contributed by atoms with Crippen LogP contribution in [0.4, 0.5) is 0 Å². The van der Waals surface area contributed by atoms with Crippen molar-refractivity contribution in [2.45, 2.75) is 38.6 Å². The van der Waals surface area contributed by atoms with Crippen LogP contribution in [0.15, 0.2) is 65.8 Å². The van der Waals surface area contributed by atoms with Crippen molar-refractivity contribution >= 4 is 35.1 Å². The first kappa shape index (κ1) is 23.3. The highest BCUT2D eigenvalue weighted by Gasteiger charge is 2.21. The van der Waals surface area contributed by atoms with E-state index in [9.17, 15) is 4.79 Å². The lowest BCUT2D eigenvalue weighted by atomic mass is 9.89. The number of rotatable bonds is 5. The predicted molar refractivity (Wildman–Crippen MR) is 135 cm³/mol. The topological polar surface area (TPSA) is 80.4 Å². The lowest BCUT2D eigenvalue weighted by Crippen LogP contribution is -2.33. The number of nitrogens with two attached hydrogens (primary N) is 1. The van der Waals surface area contributed by atoms with Gasteiger partial charge in [-0.3, -0.25) is 9.78 Å². The molecular formula is C26H26Cl2N4O. The predicted octanol–water partition coefficient (Wildman–Crippen LogP) is 6.23. The van der Waals surface area contributed by atoms with Gasteiger partial charge in [0.05, 0.1) is 5.69 Å². The summed E-state index contributed by atoms with van der Waals surface area (Å²) in [7, 11) is 0. The van der Waals surface area contributed by atoms with Gasteiger partial charge in [-0.05, 0) is 54.3 Å². The highest BCUT2D eigenvalue weighted by Crippen LogP contribution is 2.32. The Balaban J connectivity index is 1.55. The van der Waals surface area contributed by atoms with E-state index in [2.05, 4.69) is 16.4 Å². The number of halogens is 2.